The summed E-state index contributed by atoms with van der Waals surface area (Å²) in [6.07, 6.45) is 0.431. The van der Waals surface area contributed by atoms with Crippen LogP contribution in [0, 0.1) is 6.92 Å². The van der Waals surface area contributed by atoms with Gasteiger partial charge in [0, 0.05) is 47.2 Å². The summed E-state index contributed by atoms with van der Waals surface area (Å²) in [5.74, 6) is 0.900. The smallest absolute Gasteiger partial charge is 0.224 e. The first-order valence-electron chi connectivity index (χ1n) is 9.25. The first kappa shape index (κ1) is 20.5. The maximum absolute atomic E-state index is 12.3. The van der Waals surface area contributed by atoms with Crippen LogP contribution < -0.4 is 5.32 Å². The molecular weight excluding hydrogens is 336 g/mol. The molecule has 2 aromatic rings. The second-order valence-corrected chi connectivity index (χ2v) is 6.80. The van der Waals surface area contributed by atoms with E-state index in [1.807, 2.05) is 44.4 Å². The minimum atomic E-state index is 0.114. The molecule has 2 rings (SSSR count). The average Bonchev–Trinajstić information content (AvgIpc) is 2.67. The predicted molar refractivity (Wildman–Crippen MR) is 112 cm³/mol. The van der Waals surface area contributed by atoms with Crippen LogP contribution in [0.25, 0.3) is 0 Å². The van der Waals surface area contributed by atoms with E-state index in [1.54, 1.807) is 11.9 Å². The van der Waals surface area contributed by atoms with Gasteiger partial charge in [-0.2, -0.15) is 0 Å². The number of hydrogen-bond donors (Lipinski definition) is 1. The first-order valence-corrected chi connectivity index (χ1v) is 9.25. The fraction of sp³-hybridized carbons (Fsp3) is 0.364. The second kappa shape index (κ2) is 10.4. The highest BCUT2D eigenvalue weighted by Crippen LogP contribution is 2.06. The molecule has 0 radical (unpaired) electrons. The largest absolute Gasteiger partial charge is 0.356 e. The predicted octanol–water partition coefficient (Wildman–Crippen LogP) is 3.05. The normalized spacial score (nSPS) is 11.2. The van der Waals surface area contributed by atoms with Crippen molar-refractivity contribution >= 4 is 11.9 Å². The van der Waals surface area contributed by atoms with E-state index in [9.17, 15) is 4.79 Å². The molecule has 0 bridgehead atoms. The number of carbonyl (C=O) groups excluding carboxylic acids is 1. The molecule has 0 aliphatic carbocycles. The molecule has 0 aromatic heterocycles. The molecule has 27 heavy (non-hydrogen) atoms. The molecule has 1 N–H and O–H groups in total. The number of rotatable bonds is 7. The van der Waals surface area contributed by atoms with Crippen molar-refractivity contribution in [1.82, 2.24) is 15.1 Å². The van der Waals surface area contributed by atoms with Gasteiger partial charge in [0.25, 0.3) is 0 Å². The topological polar surface area (TPSA) is 47.9 Å². The fourth-order valence-corrected chi connectivity index (χ4v) is 2.84. The molecule has 0 spiro atoms. The number of aliphatic imine (C=N–C) groups is 1. The Kier molecular flexibility index (Phi) is 7.86. The van der Waals surface area contributed by atoms with E-state index >= 15 is 0 Å². The highest BCUT2D eigenvalue weighted by atomic mass is 16.2. The Labute approximate surface area is 162 Å². The summed E-state index contributed by atoms with van der Waals surface area (Å²) in [7, 11) is 5.60. The van der Waals surface area contributed by atoms with Gasteiger partial charge in [-0.15, -0.1) is 0 Å². The van der Waals surface area contributed by atoms with Gasteiger partial charge in [0.1, 0.15) is 0 Å². The molecule has 5 nitrogen and oxygen atoms in total. The van der Waals surface area contributed by atoms with Crippen LogP contribution in [-0.4, -0.2) is 49.4 Å². The summed E-state index contributed by atoms with van der Waals surface area (Å²) in [6, 6.07) is 18.5. The molecule has 0 atom stereocenters. The van der Waals surface area contributed by atoms with E-state index in [-0.39, 0.29) is 5.91 Å². The maximum Gasteiger partial charge on any atom is 0.224 e. The molecule has 2 aromatic carbocycles. The lowest BCUT2D eigenvalue weighted by atomic mass is 10.1. The minimum absolute atomic E-state index is 0.114. The summed E-state index contributed by atoms with van der Waals surface area (Å²) < 4.78 is 0. The molecule has 0 aliphatic rings. The molecular formula is C22H30N4O. The van der Waals surface area contributed by atoms with Crippen LogP contribution in [0.4, 0.5) is 0 Å². The zero-order valence-corrected chi connectivity index (χ0v) is 16.8. The lowest BCUT2D eigenvalue weighted by molar-refractivity contribution is -0.130. The van der Waals surface area contributed by atoms with Gasteiger partial charge in [-0.3, -0.25) is 9.79 Å². The number of guanidine groups is 1. The molecule has 1 amide bonds. The van der Waals surface area contributed by atoms with Gasteiger partial charge in [-0.25, -0.2) is 0 Å². The zero-order valence-electron chi connectivity index (χ0n) is 16.8. The standard InChI is InChI=1S/C22H30N4O/c1-18-10-12-20(13-11-18)17-26(4)22(23-2)24-15-14-21(27)25(3)16-19-8-6-5-7-9-19/h5-13H,14-17H2,1-4H3,(H,23,24). The number of amides is 1. The minimum Gasteiger partial charge on any atom is -0.356 e. The van der Waals surface area contributed by atoms with Gasteiger partial charge in [-0.1, -0.05) is 60.2 Å². The third-order valence-electron chi connectivity index (χ3n) is 4.42. The third kappa shape index (κ3) is 6.77. The highest BCUT2D eigenvalue weighted by molar-refractivity contribution is 5.81. The Morgan fingerprint density at radius 3 is 2.15 bits per heavy atom. The number of hydrogen-bond acceptors (Lipinski definition) is 2. The van der Waals surface area contributed by atoms with E-state index in [1.165, 1.54) is 11.1 Å². The number of nitrogens with one attached hydrogen (secondary N) is 1. The van der Waals surface area contributed by atoms with Crippen molar-refractivity contribution in [3.63, 3.8) is 0 Å². The van der Waals surface area contributed by atoms with Crippen molar-refractivity contribution in [3.05, 3.63) is 71.3 Å². The second-order valence-electron chi connectivity index (χ2n) is 6.80. The molecule has 0 fully saturated rings. The molecule has 0 unspecified atom stereocenters. The number of nitrogens with zero attached hydrogens (tertiary/aromatic N) is 3. The van der Waals surface area contributed by atoms with E-state index in [0.717, 1.165) is 18.1 Å². The summed E-state index contributed by atoms with van der Waals surface area (Å²) in [5, 5.41) is 3.28. The van der Waals surface area contributed by atoms with Crippen LogP contribution in [-0.2, 0) is 17.9 Å². The SMILES string of the molecule is CN=C(NCCC(=O)N(C)Cc1ccccc1)N(C)Cc1ccc(C)cc1. The van der Waals surface area contributed by atoms with E-state index in [4.69, 9.17) is 0 Å². The van der Waals surface area contributed by atoms with Gasteiger partial charge in [0.05, 0.1) is 0 Å². The van der Waals surface area contributed by atoms with Crippen molar-refractivity contribution in [2.75, 3.05) is 27.7 Å². The number of aryl methyl sites for hydroxylation is 1. The Bertz CT molecular complexity index is 741. The average molecular weight is 367 g/mol. The van der Waals surface area contributed by atoms with Gasteiger partial charge in [0.2, 0.25) is 5.91 Å². The van der Waals surface area contributed by atoms with Crippen LogP contribution in [0.2, 0.25) is 0 Å². The molecule has 0 saturated carbocycles. The van der Waals surface area contributed by atoms with Crippen molar-refractivity contribution in [2.24, 2.45) is 4.99 Å². The zero-order chi connectivity index (χ0) is 19.6. The van der Waals surface area contributed by atoms with Crippen molar-refractivity contribution in [1.29, 1.82) is 0 Å². The summed E-state index contributed by atoms with van der Waals surface area (Å²) >= 11 is 0. The quantitative estimate of drug-likeness (QED) is 0.605. The van der Waals surface area contributed by atoms with Gasteiger partial charge in [-0.05, 0) is 18.1 Å². The maximum atomic E-state index is 12.3. The van der Waals surface area contributed by atoms with Crippen LogP contribution in [0.3, 0.4) is 0 Å². The molecule has 0 aliphatic heterocycles. The third-order valence-corrected chi connectivity index (χ3v) is 4.42. The Morgan fingerprint density at radius 2 is 1.52 bits per heavy atom. The van der Waals surface area contributed by atoms with Gasteiger partial charge < -0.3 is 15.1 Å². The van der Waals surface area contributed by atoms with E-state index in [2.05, 4.69) is 46.4 Å². The molecule has 0 heterocycles. The van der Waals surface area contributed by atoms with E-state index < -0.39 is 0 Å². The molecule has 0 saturated heterocycles. The lowest BCUT2D eigenvalue weighted by Crippen LogP contribution is -2.40. The number of benzene rings is 2. The first-order chi connectivity index (χ1) is 13.0. The Morgan fingerprint density at radius 1 is 0.926 bits per heavy atom. The van der Waals surface area contributed by atoms with Gasteiger partial charge >= 0.3 is 0 Å². The van der Waals surface area contributed by atoms with Crippen molar-refractivity contribution in [2.45, 2.75) is 26.4 Å². The van der Waals surface area contributed by atoms with Gasteiger partial charge in [0.15, 0.2) is 5.96 Å². The summed E-state index contributed by atoms with van der Waals surface area (Å²) in [6.45, 7) is 4.03. The number of carbonyl (C=O) groups is 1. The lowest BCUT2D eigenvalue weighted by Gasteiger charge is -2.23. The monoisotopic (exact) mass is 366 g/mol. The van der Waals surface area contributed by atoms with Crippen LogP contribution in [0.1, 0.15) is 23.1 Å². The van der Waals surface area contributed by atoms with Crippen molar-refractivity contribution in [3.8, 4) is 0 Å². The highest BCUT2D eigenvalue weighted by Gasteiger charge is 2.11. The summed E-state index contributed by atoms with van der Waals surface area (Å²) in [5.41, 5.74) is 3.61. The van der Waals surface area contributed by atoms with Crippen LogP contribution in [0.5, 0.6) is 0 Å². The Balaban J connectivity index is 1.77. The molecule has 5 heteroatoms. The molecule has 144 valence electrons. The summed E-state index contributed by atoms with van der Waals surface area (Å²) in [4.78, 5) is 20.5. The van der Waals surface area contributed by atoms with Crippen LogP contribution in [0.15, 0.2) is 59.6 Å². The van der Waals surface area contributed by atoms with Crippen LogP contribution >= 0.6 is 0 Å². The fourth-order valence-electron chi connectivity index (χ4n) is 2.84. The van der Waals surface area contributed by atoms with E-state index in [0.29, 0.717) is 19.5 Å². The Hall–Kier alpha value is -2.82. The van der Waals surface area contributed by atoms with Crippen molar-refractivity contribution < 1.29 is 4.79 Å².